The van der Waals surface area contributed by atoms with Crippen molar-refractivity contribution in [2.45, 2.75) is 84.8 Å². The Labute approximate surface area is 138 Å². The molecule has 23 heavy (non-hydrogen) atoms. The van der Waals surface area contributed by atoms with Crippen LogP contribution in [-0.2, 0) is 4.74 Å². The van der Waals surface area contributed by atoms with Crippen LogP contribution in [0.4, 0.5) is 13.6 Å². The molecule has 1 atom stereocenters. The third-order valence-corrected chi connectivity index (χ3v) is 4.52. The molecule has 3 N–H and O–H groups in total. The monoisotopic (exact) mass is 334 g/mol. The molecule has 1 fully saturated rings. The predicted molar refractivity (Wildman–Crippen MR) is 87.5 cm³/mol. The fraction of sp³-hybridized carbons (Fsp3) is 0.941. The average Bonchev–Trinajstić information content (AvgIpc) is 2.34. The number of carbonyl (C=O) groups is 1. The number of halogens is 2. The van der Waals surface area contributed by atoms with Crippen LogP contribution < -0.4 is 11.1 Å². The number of hydrogen-bond donors (Lipinski definition) is 2. The Kier molecular flexibility index (Phi) is 5.72. The van der Waals surface area contributed by atoms with Crippen LogP contribution in [0.2, 0.25) is 0 Å². The summed E-state index contributed by atoms with van der Waals surface area (Å²) in [6, 6.07) is -0.328. The summed E-state index contributed by atoms with van der Waals surface area (Å²) in [7, 11) is 0. The van der Waals surface area contributed by atoms with Gasteiger partial charge in [-0.05, 0) is 45.6 Å². The molecule has 0 aliphatic heterocycles. The first-order valence-corrected chi connectivity index (χ1v) is 8.28. The number of ether oxygens (including phenoxy) is 1. The van der Waals surface area contributed by atoms with Gasteiger partial charge in [-0.1, -0.05) is 20.8 Å². The van der Waals surface area contributed by atoms with E-state index in [0.717, 1.165) is 0 Å². The molecule has 1 rings (SSSR count). The van der Waals surface area contributed by atoms with Crippen LogP contribution in [0.5, 0.6) is 0 Å². The summed E-state index contributed by atoms with van der Waals surface area (Å²) >= 11 is 0. The number of amides is 1. The molecule has 0 aromatic heterocycles. The number of carbonyl (C=O) groups excluding carboxylic acids is 1. The highest BCUT2D eigenvalue weighted by molar-refractivity contribution is 5.68. The van der Waals surface area contributed by atoms with E-state index in [4.69, 9.17) is 10.5 Å². The van der Waals surface area contributed by atoms with Crippen molar-refractivity contribution in [1.29, 1.82) is 0 Å². The van der Waals surface area contributed by atoms with Crippen molar-refractivity contribution >= 4 is 6.09 Å². The third kappa shape index (κ3) is 5.59. The first-order chi connectivity index (χ1) is 10.2. The number of alkyl carbamates (subject to hydrolysis) is 1. The van der Waals surface area contributed by atoms with Gasteiger partial charge < -0.3 is 15.8 Å². The van der Waals surface area contributed by atoms with Crippen molar-refractivity contribution < 1.29 is 18.3 Å². The van der Waals surface area contributed by atoms with E-state index in [2.05, 4.69) is 5.32 Å². The molecule has 0 saturated heterocycles. The van der Waals surface area contributed by atoms with Gasteiger partial charge in [0.25, 0.3) is 0 Å². The van der Waals surface area contributed by atoms with E-state index in [9.17, 15) is 13.6 Å². The smallest absolute Gasteiger partial charge is 0.407 e. The lowest BCUT2D eigenvalue weighted by atomic mass is 9.61. The molecule has 0 bridgehead atoms. The van der Waals surface area contributed by atoms with E-state index < -0.39 is 23.0 Å². The molecule has 1 aliphatic carbocycles. The van der Waals surface area contributed by atoms with Gasteiger partial charge in [-0.25, -0.2) is 13.6 Å². The minimum absolute atomic E-state index is 0.188. The Bertz CT molecular complexity index is 415. The fourth-order valence-electron chi connectivity index (χ4n) is 3.44. The van der Waals surface area contributed by atoms with Crippen molar-refractivity contribution in [2.24, 2.45) is 16.6 Å². The molecule has 1 aliphatic rings. The molecule has 0 spiro atoms. The number of rotatable bonds is 3. The molecule has 0 radical (unpaired) electrons. The summed E-state index contributed by atoms with van der Waals surface area (Å²) in [5, 5.41) is 2.92. The topological polar surface area (TPSA) is 64.3 Å². The number of nitrogens with two attached hydrogens (primary N) is 1. The predicted octanol–water partition coefficient (Wildman–Crippen LogP) is 4.08. The van der Waals surface area contributed by atoms with Crippen molar-refractivity contribution in [3.63, 3.8) is 0 Å². The first-order valence-electron chi connectivity index (χ1n) is 8.28. The zero-order valence-corrected chi connectivity index (χ0v) is 15.3. The highest BCUT2D eigenvalue weighted by atomic mass is 19.3. The van der Waals surface area contributed by atoms with Gasteiger partial charge in [0.05, 0.1) is 0 Å². The van der Waals surface area contributed by atoms with Crippen molar-refractivity contribution in [3.8, 4) is 0 Å². The lowest BCUT2D eigenvalue weighted by Crippen LogP contribution is -2.59. The quantitative estimate of drug-likeness (QED) is 0.817. The molecule has 136 valence electrons. The highest BCUT2D eigenvalue weighted by Gasteiger charge is 2.50. The highest BCUT2D eigenvalue weighted by Crippen LogP contribution is 2.48. The van der Waals surface area contributed by atoms with E-state index in [1.165, 1.54) is 0 Å². The van der Waals surface area contributed by atoms with E-state index >= 15 is 0 Å². The van der Waals surface area contributed by atoms with E-state index in [-0.39, 0.29) is 30.8 Å². The molecule has 1 amide bonds. The Morgan fingerprint density at radius 3 is 1.96 bits per heavy atom. The molecular weight excluding hydrogens is 302 g/mol. The lowest BCUT2D eigenvalue weighted by molar-refractivity contribution is -0.0826. The van der Waals surface area contributed by atoms with Crippen molar-refractivity contribution in [1.82, 2.24) is 5.32 Å². The molecule has 4 nitrogen and oxygen atoms in total. The molecule has 0 heterocycles. The summed E-state index contributed by atoms with van der Waals surface area (Å²) < 4.78 is 32.5. The second-order valence-electron chi connectivity index (χ2n) is 8.87. The SMILES string of the molecule is CC(C)(C)OC(=O)NC(C(C)(C)C)C1(CN)CCC(F)(F)CC1. The van der Waals surface area contributed by atoms with Crippen molar-refractivity contribution in [2.75, 3.05) is 6.54 Å². The van der Waals surface area contributed by atoms with Gasteiger partial charge in [0.15, 0.2) is 0 Å². The summed E-state index contributed by atoms with van der Waals surface area (Å²) in [5.41, 5.74) is 4.53. The number of nitrogens with one attached hydrogen (secondary N) is 1. The summed E-state index contributed by atoms with van der Waals surface area (Å²) in [4.78, 5) is 12.2. The third-order valence-electron chi connectivity index (χ3n) is 4.52. The van der Waals surface area contributed by atoms with Crippen LogP contribution in [-0.4, -0.2) is 30.2 Å². The van der Waals surface area contributed by atoms with Crippen LogP contribution in [0.1, 0.15) is 67.2 Å². The Morgan fingerprint density at radius 2 is 1.61 bits per heavy atom. The van der Waals surface area contributed by atoms with E-state index in [1.807, 2.05) is 20.8 Å². The lowest BCUT2D eigenvalue weighted by Gasteiger charge is -2.50. The average molecular weight is 334 g/mol. The van der Waals surface area contributed by atoms with E-state index in [1.54, 1.807) is 20.8 Å². The minimum atomic E-state index is -2.63. The largest absolute Gasteiger partial charge is 0.444 e. The first kappa shape index (κ1) is 20.1. The van der Waals surface area contributed by atoms with Gasteiger partial charge in [0, 0.05) is 24.3 Å². The molecule has 1 unspecified atom stereocenters. The molecule has 6 heteroatoms. The summed E-state index contributed by atoms with van der Waals surface area (Å²) in [6.07, 6.45) is -0.301. The zero-order chi connectivity index (χ0) is 18.1. The zero-order valence-electron chi connectivity index (χ0n) is 15.3. The second-order valence-corrected chi connectivity index (χ2v) is 8.87. The maximum Gasteiger partial charge on any atom is 0.407 e. The van der Waals surface area contributed by atoms with Crippen LogP contribution in [0, 0.1) is 10.8 Å². The Hall–Kier alpha value is -0.910. The Morgan fingerprint density at radius 1 is 1.13 bits per heavy atom. The molecule has 0 aromatic rings. The van der Waals surface area contributed by atoms with Gasteiger partial charge in [-0.15, -0.1) is 0 Å². The summed E-state index contributed by atoms with van der Waals surface area (Å²) in [6.45, 7) is 11.6. The fourth-order valence-corrected chi connectivity index (χ4v) is 3.44. The molecule has 1 saturated carbocycles. The molecule has 0 aromatic carbocycles. The van der Waals surface area contributed by atoms with E-state index in [0.29, 0.717) is 12.8 Å². The van der Waals surface area contributed by atoms with Crippen LogP contribution >= 0.6 is 0 Å². The van der Waals surface area contributed by atoms with Gasteiger partial charge in [0.2, 0.25) is 5.92 Å². The Balaban J connectivity index is 2.99. The second kappa shape index (κ2) is 6.54. The molecular formula is C17H32F2N2O2. The summed E-state index contributed by atoms with van der Waals surface area (Å²) in [5.74, 6) is -2.63. The standard InChI is InChI=1S/C17H32F2N2O2/c1-14(2,3)12(21-13(22)23-15(4,5)6)16(11-20)7-9-17(18,19)10-8-16/h12H,7-11,20H2,1-6H3,(H,21,22). The van der Waals surface area contributed by atoms with Crippen LogP contribution in [0.25, 0.3) is 0 Å². The van der Waals surface area contributed by atoms with Gasteiger partial charge in [-0.2, -0.15) is 0 Å². The minimum Gasteiger partial charge on any atom is -0.444 e. The van der Waals surface area contributed by atoms with Crippen LogP contribution in [0.3, 0.4) is 0 Å². The maximum atomic E-state index is 13.6. The van der Waals surface area contributed by atoms with Gasteiger partial charge in [0.1, 0.15) is 5.60 Å². The van der Waals surface area contributed by atoms with Gasteiger partial charge >= 0.3 is 6.09 Å². The van der Waals surface area contributed by atoms with Gasteiger partial charge in [-0.3, -0.25) is 0 Å². The number of hydrogen-bond acceptors (Lipinski definition) is 3. The van der Waals surface area contributed by atoms with Crippen molar-refractivity contribution in [3.05, 3.63) is 0 Å². The van der Waals surface area contributed by atoms with Crippen LogP contribution in [0.15, 0.2) is 0 Å². The normalized spacial score (nSPS) is 22.3. The maximum absolute atomic E-state index is 13.6. The number of alkyl halides is 2.